The van der Waals surface area contributed by atoms with Crippen molar-refractivity contribution in [1.82, 2.24) is 0 Å². The van der Waals surface area contributed by atoms with Gasteiger partial charge in [0, 0.05) is 27.3 Å². The van der Waals surface area contributed by atoms with E-state index in [1.165, 1.54) is 67.6 Å². The molecule has 0 saturated carbocycles. The molecule has 0 aromatic heterocycles. The molecule has 0 atom stereocenters. The molecule has 2 aromatic carbocycles. The van der Waals surface area contributed by atoms with Gasteiger partial charge in [0.1, 0.15) is 0 Å². The van der Waals surface area contributed by atoms with E-state index in [1.807, 2.05) is 6.07 Å². The first-order chi connectivity index (χ1) is 13.0. The summed E-state index contributed by atoms with van der Waals surface area (Å²) < 4.78 is 0. The molecule has 0 aliphatic carbocycles. The van der Waals surface area contributed by atoms with Crippen LogP contribution in [0.15, 0.2) is 48.5 Å². The van der Waals surface area contributed by atoms with E-state index in [4.69, 9.17) is 23.2 Å². The van der Waals surface area contributed by atoms with Gasteiger partial charge in [-0.1, -0.05) is 0 Å². The maximum absolute atomic E-state index is 6.95. The molecule has 0 bridgehead atoms. The van der Waals surface area contributed by atoms with Gasteiger partial charge < -0.3 is 0 Å². The molecule has 0 N–H and O–H groups in total. The van der Waals surface area contributed by atoms with Gasteiger partial charge in [-0.2, -0.15) is 0 Å². The minimum absolute atomic E-state index is 0. The van der Waals surface area contributed by atoms with Gasteiger partial charge in [0.05, 0.1) is 0 Å². The van der Waals surface area contributed by atoms with Crippen LogP contribution in [0.1, 0.15) is 59.3 Å². The molecule has 0 heterocycles. The molecule has 0 aliphatic heterocycles. The third kappa shape index (κ3) is 5.34. The van der Waals surface area contributed by atoms with E-state index in [-0.39, 0.29) is 27.3 Å². The SMILES string of the molecule is CCCCP(CCCC)(CCCC)(c1ccccc1)c1cccc(Cl)c1Cl.[Pb]. The summed E-state index contributed by atoms with van der Waals surface area (Å²) in [6.45, 7) is 4.44. The van der Waals surface area contributed by atoms with Gasteiger partial charge in [0.2, 0.25) is 0 Å². The third-order valence-electron chi connectivity index (χ3n) is 6.15. The Morgan fingerprint density at radius 3 is 1.64 bits per heavy atom. The van der Waals surface area contributed by atoms with Gasteiger partial charge in [-0.05, 0) is 0 Å². The minimum Gasteiger partial charge on any atom is 0 e. The Hall–Kier alpha value is 0.372. The first-order valence-electron chi connectivity index (χ1n) is 10.5. The molecule has 0 saturated heterocycles. The molecule has 0 nitrogen and oxygen atoms in total. The second kappa shape index (κ2) is 12.3. The molecular weight excluding hydrogens is 597 g/mol. The quantitative estimate of drug-likeness (QED) is 0.178. The van der Waals surface area contributed by atoms with E-state index < -0.39 is 6.60 Å². The van der Waals surface area contributed by atoms with Crippen LogP contribution < -0.4 is 10.6 Å². The average molecular weight is 633 g/mol. The topological polar surface area (TPSA) is 0 Å². The fourth-order valence-electron chi connectivity index (χ4n) is 4.61. The Kier molecular flexibility index (Phi) is 11.6. The fraction of sp³-hybridized carbons (Fsp3) is 0.500. The van der Waals surface area contributed by atoms with E-state index >= 15 is 0 Å². The van der Waals surface area contributed by atoms with Crippen molar-refractivity contribution in [2.45, 2.75) is 59.3 Å². The van der Waals surface area contributed by atoms with Crippen LogP contribution in [0.4, 0.5) is 0 Å². The van der Waals surface area contributed by atoms with Gasteiger partial charge in [-0.3, -0.25) is 0 Å². The molecular formula is C24H35Cl2PPb. The molecule has 0 amide bonds. The number of unbranched alkanes of at least 4 members (excludes halogenated alkanes) is 3. The van der Waals surface area contributed by atoms with Gasteiger partial charge in [0.15, 0.2) is 0 Å². The van der Waals surface area contributed by atoms with Crippen molar-refractivity contribution in [3.8, 4) is 0 Å². The zero-order valence-corrected chi connectivity index (χ0v) is 24.0. The summed E-state index contributed by atoms with van der Waals surface area (Å²) in [5, 5.41) is 4.38. The summed E-state index contributed by atoms with van der Waals surface area (Å²) in [6, 6.07) is 17.6. The van der Waals surface area contributed by atoms with Crippen LogP contribution in [-0.2, 0) is 0 Å². The number of rotatable bonds is 11. The Morgan fingerprint density at radius 1 is 0.679 bits per heavy atom. The fourth-order valence-corrected chi connectivity index (χ4v) is 13.4. The van der Waals surface area contributed by atoms with Crippen LogP contribution in [0.3, 0.4) is 0 Å². The molecule has 4 radical (unpaired) electrons. The van der Waals surface area contributed by atoms with Gasteiger partial charge >= 0.3 is 177 Å². The van der Waals surface area contributed by atoms with Crippen molar-refractivity contribution in [3.05, 3.63) is 58.6 Å². The molecule has 4 heteroatoms. The summed E-state index contributed by atoms with van der Waals surface area (Å²) >= 11 is 13.5. The first kappa shape index (κ1) is 26.4. The van der Waals surface area contributed by atoms with Gasteiger partial charge in [0.25, 0.3) is 0 Å². The molecule has 2 aromatic rings. The molecule has 0 fully saturated rings. The standard InChI is InChI=1S/C24H35Cl2P.Pb/c1-4-7-18-27(19-8-5-2,20-9-6-3,21-14-11-10-12-15-21)23-17-13-16-22(25)24(23)26;/h10-17H,4-9,18-20H2,1-3H3;. The summed E-state index contributed by atoms with van der Waals surface area (Å²) in [4.78, 5) is 0. The van der Waals surface area contributed by atoms with Crippen molar-refractivity contribution < 1.29 is 0 Å². The zero-order valence-electron chi connectivity index (χ0n) is 17.7. The number of hydrogen-bond acceptors (Lipinski definition) is 0. The number of halogens is 2. The Bertz CT molecular complexity index is 693. The molecule has 154 valence electrons. The average Bonchev–Trinajstić information content (AvgIpc) is 2.71. The molecule has 2 rings (SSSR count). The third-order valence-corrected chi connectivity index (χ3v) is 14.6. The Morgan fingerprint density at radius 2 is 1.18 bits per heavy atom. The van der Waals surface area contributed by atoms with E-state index in [9.17, 15) is 0 Å². The van der Waals surface area contributed by atoms with Gasteiger partial charge in [-0.25, -0.2) is 0 Å². The Labute approximate surface area is 202 Å². The number of hydrogen-bond donors (Lipinski definition) is 0. The van der Waals surface area contributed by atoms with Crippen molar-refractivity contribution >= 4 is 67.7 Å². The van der Waals surface area contributed by atoms with Crippen molar-refractivity contribution in [2.75, 3.05) is 18.5 Å². The van der Waals surface area contributed by atoms with E-state index in [0.29, 0.717) is 5.02 Å². The molecule has 0 unspecified atom stereocenters. The van der Waals surface area contributed by atoms with E-state index in [1.54, 1.807) is 0 Å². The summed E-state index contributed by atoms with van der Waals surface area (Å²) in [7, 11) is 0. The monoisotopic (exact) mass is 632 g/mol. The predicted molar refractivity (Wildman–Crippen MR) is 134 cm³/mol. The van der Waals surface area contributed by atoms with Crippen molar-refractivity contribution in [3.63, 3.8) is 0 Å². The maximum Gasteiger partial charge on any atom is 0 e. The molecule has 0 aliphatic rings. The van der Waals surface area contributed by atoms with Crippen molar-refractivity contribution in [2.24, 2.45) is 0 Å². The van der Waals surface area contributed by atoms with Crippen LogP contribution in [-0.4, -0.2) is 45.8 Å². The summed E-state index contributed by atoms with van der Waals surface area (Å²) in [5.74, 6) is 0. The van der Waals surface area contributed by atoms with Crippen LogP contribution in [0.25, 0.3) is 0 Å². The largest absolute Gasteiger partial charge is 0 e. The van der Waals surface area contributed by atoms with Crippen LogP contribution in [0, 0.1) is 0 Å². The predicted octanol–water partition coefficient (Wildman–Crippen LogP) is 7.52. The van der Waals surface area contributed by atoms with Crippen LogP contribution >= 0.6 is 29.8 Å². The second-order valence-corrected chi connectivity index (χ2v) is 14.5. The Balaban J connectivity index is 0.00000392. The van der Waals surface area contributed by atoms with E-state index in [2.05, 4.69) is 63.2 Å². The van der Waals surface area contributed by atoms with Crippen LogP contribution in [0.5, 0.6) is 0 Å². The summed E-state index contributed by atoms with van der Waals surface area (Å²) in [5.41, 5.74) is 0. The van der Waals surface area contributed by atoms with Crippen molar-refractivity contribution in [1.29, 1.82) is 0 Å². The molecule has 0 spiro atoms. The van der Waals surface area contributed by atoms with E-state index in [0.717, 1.165) is 5.02 Å². The normalized spacial score (nSPS) is 12.8. The van der Waals surface area contributed by atoms with Gasteiger partial charge in [-0.15, -0.1) is 0 Å². The second-order valence-electron chi connectivity index (χ2n) is 7.87. The van der Waals surface area contributed by atoms with Crippen LogP contribution in [0.2, 0.25) is 10.0 Å². The minimum atomic E-state index is -2.46. The molecule has 28 heavy (non-hydrogen) atoms. The smallest absolute Gasteiger partial charge is 0 e. The maximum atomic E-state index is 6.95. The summed E-state index contributed by atoms with van der Waals surface area (Å²) in [6.07, 6.45) is 11.1. The number of benzene rings is 2. The zero-order chi connectivity index (χ0) is 19.8. The first-order valence-corrected chi connectivity index (χ1v) is 14.1.